The largest absolute Gasteiger partial charge is 0.466 e. The number of benzene rings is 1. The molecule has 1 fully saturated rings. The van der Waals surface area contributed by atoms with E-state index in [9.17, 15) is 14.4 Å². The predicted molar refractivity (Wildman–Crippen MR) is 133 cm³/mol. The fourth-order valence-electron chi connectivity index (χ4n) is 3.58. The molecule has 2 rings (SSSR count). The fraction of sp³-hybridized carbons (Fsp3) is 0.640. The van der Waals surface area contributed by atoms with Crippen LogP contribution in [0.15, 0.2) is 30.3 Å². The fourth-order valence-corrected chi connectivity index (χ4v) is 4.30. The highest BCUT2D eigenvalue weighted by Gasteiger charge is 2.36. The number of nitrogens with zero attached hydrogens (tertiary/aromatic N) is 1. The zero-order chi connectivity index (χ0) is 25.4. The number of nitrogens with one attached hydrogen (secondary N) is 1. The molecule has 0 saturated carbocycles. The Balaban J connectivity index is 1.98. The minimum atomic E-state index is -1.32. The van der Waals surface area contributed by atoms with E-state index >= 15 is 0 Å². The highest BCUT2D eigenvalue weighted by Crippen LogP contribution is 2.24. The number of esters is 1. The first-order chi connectivity index (χ1) is 15.8. The summed E-state index contributed by atoms with van der Waals surface area (Å²) < 4.78 is 16.3. The first-order valence-corrected chi connectivity index (χ1v) is 15.6. The average Bonchev–Trinajstić information content (AvgIpc) is 2.72. The van der Waals surface area contributed by atoms with Crippen LogP contribution in [0.2, 0.25) is 25.7 Å². The van der Waals surface area contributed by atoms with E-state index < -0.39 is 25.9 Å². The monoisotopic (exact) mass is 492 g/mol. The van der Waals surface area contributed by atoms with Crippen molar-refractivity contribution in [3.63, 3.8) is 0 Å². The topological polar surface area (TPSA) is 94.2 Å². The molecule has 0 bridgehead atoms. The van der Waals surface area contributed by atoms with Gasteiger partial charge in [-0.3, -0.25) is 4.79 Å². The number of ether oxygens (including phenoxy) is 3. The number of hydrogen-bond acceptors (Lipinski definition) is 6. The van der Waals surface area contributed by atoms with Gasteiger partial charge in [0.25, 0.3) is 0 Å². The highest BCUT2D eigenvalue weighted by molar-refractivity contribution is 6.76. The molecule has 1 saturated heterocycles. The van der Waals surface area contributed by atoms with Crippen molar-refractivity contribution in [3.05, 3.63) is 35.9 Å². The van der Waals surface area contributed by atoms with Crippen molar-refractivity contribution >= 4 is 26.2 Å². The van der Waals surface area contributed by atoms with E-state index in [0.717, 1.165) is 11.6 Å². The van der Waals surface area contributed by atoms with Gasteiger partial charge in [-0.1, -0.05) is 50.0 Å². The van der Waals surface area contributed by atoms with Crippen molar-refractivity contribution in [2.75, 3.05) is 19.7 Å². The first kappa shape index (κ1) is 27.7. The highest BCUT2D eigenvalue weighted by atomic mass is 28.3. The van der Waals surface area contributed by atoms with Crippen molar-refractivity contribution < 1.29 is 28.6 Å². The summed E-state index contributed by atoms with van der Waals surface area (Å²) in [5.41, 5.74) is 0.276. The van der Waals surface area contributed by atoms with Crippen molar-refractivity contribution in [2.45, 2.75) is 77.5 Å². The van der Waals surface area contributed by atoms with Crippen LogP contribution < -0.4 is 5.32 Å². The number of rotatable bonds is 8. The lowest BCUT2D eigenvalue weighted by atomic mass is 9.89. The van der Waals surface area contributed by atoms with Crippen LogP contribution in [0.25, 0.3) is 0 Å². The third-order valence-electron chi connectivity index (χ3n) is 5.45. The zero-order valence-corrected chi connectivity index (χ0v) is 22.4. The summed E-state index contributed by atoms with van der Waals surface area (Å²) in [5, 5.41) is 2.89. The predicted octanol–water partition coefficient (Wildman–Crippen LogP) is 4.81. The summed E-state index contributed by atoms with van der Waals surface area (Å²) in [6.07, 6.45) is -0.368. The molecule has 1 aromatic rings. The average molecular weight is 493 g/mol. The summed E-state index contributed by atoms with van der Waals surface area (Å²) in [4.78, 5) is 39.2. The van der Waals surface area contributed by atoms with Crippen molar-refractivity contribution in [2.24, 2.45) is 5.92 Å². The molecule has 190 valence electrons. The summed E-state index contributed by atoms with van der Waals surface area (Å²) in [7, 11) is -1.32. The van der Waals surface area contributed by atoms with Gasteiger partial charge >= 0.3 is 18.2 Å². The van der Waals surface area contributed by atoms with Crippen molar-refractivity contribution in [1.82, 2.24) is 10.2 Å². The Hall–Kier alpha value is -2.55. The second-order valence-electron chi connectivity index (χ2n) is 11.0. The van der Waals surface area contributed by atoms with Crippen LogP contribution in [0.1, 0.15) is 39.2 Å². The van der Waals surface area contributed by atoms with E-state index in [1.807, 2.05) is 51.1 Å². The minimum Gasteiger partial charge on any atom is -0.466 e. The zero-order valence-electron chi connectivity index (χ0n) is 21.4. The Morgan fingerprint density at radius 3 is 2.38 bits per heavy atom. The Kier molecular flexibility index (Phi) is 9.97. The molecule has 0 unspecified atom stereocenters. The van der Waals surface area contributed by atoms with Gasteiger partial charge in [-0.15, -0.1) is 0 Å². The number of amides is 2. The second-order valence-corrected chi connectivity index (χ2v) is 16.6. The number of likely N-dealkylation sites (tertiary alicyclic amines) is 1. The molecular formula is C25H40N2O6Si. The lowest BCUT2D eigenvalue weighted by molar-refractivity contribution is -0.145. The van der Waals surface area contributed by atoms with Crippen LogP contribution in [-0.2, 0) is 25.6 Å². The molecular weight excluding hydrogens is 452 g/mol. The molecule has 1 N–H and O–H groups in total. The van der Waals surface area contributed by atoms with Crippen LogP contribution in [0.5, 0.6) is 0 Å². The number of hydrogen-bond donors (Lipinski definition) is 1. The Labute approximate surface area is 204 Å². The number of piperidine rings is 1. The van der Waals surface area contributed by atoms with Crippen LogP contribution in [-0.4, -0.2) is 62.5 Å². The smallest absolute Gasteiger partial charge is 0.410 e. The number of carbonyl (C=O) groups excluding carboxylic acids is 3. The third-order valence-corrected chi connectivity index (χ3v) is 7.15. The Bertz CT molecular complexity index is 819. The van der Waals surface area contributed by atoms with Crippen LogP contribution >= 0.6 is 0 Å². The Morgan fingerprint density at radius 1 is 1.09 bits per heavy atom. The molecule has 0 radical (unpaired) electrons. The first-order valence-electron chi connectivity index (χ1n) is 11.9. The lowest BCUT2D eigenvalue weighted by Gasteiger charge is -2.38. The van der Waals surface area contributed by atoms with Gasteiger partial charge in [0.05, 0.1) is 13.0 Å². The van der Waals surface area contributed by atoms with E-state index in [1.165, 1.54) is 0 Å². The van der Waals surface area contributed by atoms with E-state index in [4.69, 9.17) is 14.2 Å². The van der Waals surface area contributed by atoms with Crippen molar-refractivity contribution in [3.8, 4) is 0 Å². The second kappa shape index (κ2) is 12.2. The maximum atomic E-state index is 12.6. The van der Waals surface area contributed by atoms with E-state index in [2.05, 4.69) is 25.0 Å². The maximum Gasteiger partial charge on any atom is 0.410 e. The molecule has 1 aliphatic rings. The van der Waals surface area contributed by atoms with Gasteiger partial charge < -0.3 is 24.4 Å². The standard InChI is InChI=1S/C25H40N2O6Si/c1-25(2,3)33-24(30)27-13-12-21(26-23(29)32-18-19-10-8-7-9-11-19)20(17-27)16-22(28)31-14-15-34(4,5)6/h7-11,20-21H,12-18H2,1-6H3,(H,26,29)/t20-,21+/m0/s1. The molecule has 9 heteroatoms. The minimum absolute atomic E-state index is 0.106. The van der Waals surface area contributed by atoms with Gasteiger partial charge in [-0.05, 0) is 38.8 Å². The van der Waals surface area contributed by atoms with Gasteiger partial charge in [0.2, 0.25) is 0 Å². The summed E-state index contributed by atoms with van der Waals surface area (Å²) in [5.74, 6) is -0.622. The quantitative estimate of drug-likeness (QED) is 0.318. The summed E-state index contributed by atoms with van der Waals surface area (Å²) in [6.45, 7) is 13.4. The van der Waals surface area contributed by atoms with Gasteiger partial charge in [0.15, 0.2) is 0 Å². The molecule has 0 aromatic heterocycles. The van der Waals surface area contributed by atoms with Gasteiger partial charge in [0.1, 0.15) is 12.2 Å². The Morgan fingerprint density at radius 2 is 1.76 bits per heavy atom. The molecule has 0 aliphatic carbocycles. The van der Waals surface area contributed by atoms with Gasteiger partial charge in [-0.25, -0.2) is 9.59 Å². The van der Waals surface area contributed by atoms with E-state index in [1.54, 1.807) is 4.90 Å². The number of carbonyl (C=O) groups is 3. The van der Waals surface area contributed by atoms with Gasteiger partial charge in [0, 0.05) is 33.1 Å². The molecule has 8 nitrogen and oxygen atoms in total. The summed E-state index contributed by atoms with van der Waals surface area (Å²) >= 11 is 0. The molecule has 1 aromatic carbocycles. The molecule has 34 heavy (non-hydrogen) atoms. The summed E-state index contributed by atoms with van der Waals surface area (Å²) in [6, 6.07) is 10.00. The molecule has 1 aliphatic heterocycles. The van der Waals surface area contributed by atoms with Crippen LogP contribution in [0, 0.1) is 5.92 Å². The maximum absolute atomic E-state index is 12.6. The van der Waals surface area contributed by atoms with Crippen LogP contribution in [0.4, 0.5) is 9.59 Å². The van der Waals surface area contributed by atoms with Crippen molar-refractivity contribution in [1.29, 1.82) is 0 Å². The molecule has 2 atom stereocenters. The van der Waals surface area contributed by atoms with E-state index in [-0.39, 0.29) is 31.0 Å². The molecule has 0 spiro atoms. The molecule has 2 amide bonds. The normalized spacial score (nSPS) is 18.7. The third kappa shape index (κ3) is 10.6. The lowest BCUT2D eigenvalue weighted by Crippen LogP contribution is -2.53. The number of alkyl carbamates (subject to hydrolysis) is 1. The van der Waals surface area contributed by atoms with Gasteiger partial charge in [-0.2, -0.15) is 0 Å². The molecule has 1 heterocycles. The van der Waals surface area contributed by atoms with E-state index in [0.29, 0.717) is 26.1 Å². The van der Waals surface area contributed by atoms with Crippen LogP contribution in [0.3, 0.4) is 0 Å². The SMILES string of the molecule is CC(C)(C)OC(=O)N1CC[C@@H](NC(=O)OCc2ccccc2)[C@@H](CC(=O)OCC[Si](C)(C)C)C1.